The molecule has 0 radical (unpaired) electrons. The minimum atomic E-state index is -0.365. The van der Waals surface area contributed by atoms with E-state index in [9.17, 15) is 9.59 Å². The van der Waals surface area contributed by atoms with E-state index in [0.717, 1.165) is 12.6 Å². The van der Waals surface area contributed by atoms with Gasteiger partial charge in [-0.1, -0.05) is 0 Å². The van der Waals surface area contributed by atoms with Gasteiger partial charge in [-0.15, -0.1) is 0 Å². The number of carbonyl (C=O) groups excluding carboxylic acids is 1. The van der Waals surface area contributed by atoms with Gasteiger partial charge in [0.05, 0.1) is 18.3 Å². The standard InChI is InChI=1S/C11H16N4O3/c1-2-18-8-3-6(12)10(8)15-11(17)7-4-14-9(16)5-13-7/h4-6,8,10H,2-3,12H2,1H3,(H,14,16)(H,15,17). The summed E-state index contributed by atoms with van der Waals surface area (Å²) in [6.07, 6.45) is 3.03. The lowest BCUT2D eigenvalue weighted by Crippen LogP contribution is -2.64. The lowest BCUT2D eigenvalue weighted by Gasteiger charge is -2.42. The largest absolute Gasteiger partial charge is 0.376 e. The second-order valence-electron chi connectivity index (χ2n) is 4.19. The van der Waals surface area contributed by atoms with Crippen molar-refractivity contribution in [3.05, 3.63) is 28.4 Å². The molecule has 1 aromatic rings. The fourth-order valence-corrected chi connectivity index (χ4v) is 1.92. The van der Waals surface area contributed by atoms with Crippen molar-refractivity contribution in [2.75, 3.05) is 6.61 Å². The first-order chi connectivity index (χ1) is 8.61. The Morgan fingerprint density at radius 1 is 1.72 bits per heavy atom. The Bertz CT molecular complexity index is 465. The molecule has 1 amide bonds. The highest BCUT2D eigenvalue weighted by Crippen LogP contribution is 2.22. The van der Waals surface area contributed by atoms with E-state index < -0.39 is 0 Å². The fourth-order valence-electron chi connectivity index (χ4n) is 1.92. The Balaban J connectivity index is 1.98. The minimum absolute atomic E-state index is 0.0447. The van der Waals surface area contributed by atoms with E-state index in [2.05, 4.69) is 15.3 Å². The molecule has 98 valence electrons. The Hall–Kier alpha value is -1.73. The van der Waals surface area contributed by atoms with Gasteiger partial charge in [-0.05, 0) is 13.3 Å². The Kier molecular flexibility index (Phi) is 3.73. The zero-order chi connectivity index (χ0) is 13.1. The molecule has 1 saturated carbocycles. The molecule has 3 unspecified atom stereocenters. The summed E-state index contributed by atoms with van der Waals surface area (Å²) < 4.78 is 5.44. The highest BCUT2D eigenvalue weighted by atomic mass is 16.5. The van der Waals surface area contributed by atoms with Gasteiger partial charge in [0, 0.05) is 18.8 Å². The molecule has 0 saturated heterocycles. The number of amides is 1. The summed E-state index contributed by atoms with van der Waals surface area (Å²) in [5.41, 5.74) is 5.63. The molecule has 1 aromatic heterocycles. The minimum Gasteiger partial charge on any atom is -0.376 e. The van der Waals surface area contributed by atoms with E-state index in [1.807, 2.05) is 6.92 Å². The summed E-state index contributed by atoms with van der Waals surface area (Å²) in [4.78, 5) is 28.8. The van der Waals surface area contributed by atoms with Gasteiger partial charge in [-0.2, -0.15) is 0 Å². The normalized spacial score (nSPS) is 26.4. The molecule has 3 atom stereocenters. The van der Waals surface area contributed by atoms with Gasteiger partial charge in [-0.25, -0.2) is 4.98 Å². The maximum atomic E-state index is 11.8. The Morgan fingerprint density at radius 3 is 3.06 bits per heavy atom. The molecule has 2 rings (SSSR count). The third kappa shape index (κ3) is 2.57. The number of nitrogens with zero attached hydrogens (tertiary/aromatic N) is 1. The SMILES string of the molecule is CCOC1CC(N)C1NC(=O)c1c[nH]c(=O)cn1. The quantitative estimate of drug-likeness (QED) is 0.637. The topological polar surface area (TPSA) is 110 Å². The molecule has 4 N–H and O–H groups in total. The maximum absolute atomic E-state index is 11.8. The van der Waals surface area contributed by atoms with Crippen molar-refractivity contribution < 1.29 is 9.53 Å². The number of ether oxygens (including phenoxy) is 1. The lowest BCUT2D eigenvalue weighted by molar-refractivity contribution is -0.0300. The van der Waals surface area contributed by atoms with Crippen molar-refractivity contribution in [2.24, 2.45) is 5.73 Å². The van der Waals surface area contributed by atoms with Gasteiger partial charge >= 0.3 is 0 Å². The van der Waals surface area contributed by atoms with Crippen LogP contribution >= 0.6 is 0 Å². The zero-order valence-electron chi connectivity index (χ0n) is 10.1. The van der Waals surface area contributed by atoms with Crippen LogP contribution in [0.25, 0.3) is 0 Å². The molecule has 7 heteroatoms. The van der Waals surface area contributed by atoms with Gasteiger partial charge in [0.25, 0.3) is 11.5 Å². The predicted molar refractivity (Wildman–Crippen MR) is 64.1 cm³/mol. The molecule has 1 heterocycles. The first-order valence-electron chi connectivity index (χ1n) is 5.84. The van der Waals surface area contributed by atoms with Gasteiger partial charge < -0.3 is 20.8 Å². The number of nitrogens with two attached hydrogens (primary N) is 1. The Morgan fingerprint density at radius 2 is 2.50 bits per heavy atom. The highest BCUT2D eigenvalue weighted by molar-refractivity contribution is 5.92. The number of rotatable bonds is 4. The summed E-state index contributed by atoms with van der Waals surface area (Å²) in [6.45, 7) is 2.48. The van der Waals surface area contributed by atoms with Crippen LogP contribution in [0.15, 0.2) is 17.2 Å². The second kappa shape index (κ2) is 5.28. The smallest absolute Gasteiger partial charge is 0.271 e. The van der Waals surface area contributed by atoms with E-state index in [1.54, 1.807) is 0 Å². The average molecular weight is 252 g/mol. The zero-order valence-corrected chi connectivity index (χ0v) is 10.1. The van der Waals surface area contributed by atoms with Crippen LogP contribution in [0.2, 0.25) is 0 Å². The van der Waals surface area contributed by atoms with Crippen LogP contribution in [0.5, 0.6) is 0 Å². The molecule has 1 fully saturated rings. The molecule has 0 aliphatic heterocycles. The van der Waals surface area contributed by atoms with Crippen LogP contribution in [-0.2, 0) is 4.74 Å². The van der Waals surface area contributed by atoms with Gasteiger partial charge in [0.1, 0.15) is 5.69 Å². The number of H-pyrrole nitrogens is 1. The van der Waals surface area contributed by atoms with Crippen LogP contribution in [0.1, 0.15) is 23.8 Å². The van der Waals surface area contributed by atoms with Crippen molar-refractivity contribution >= 4 is 5.91 Å². The van der Waals surface area contributed by atoms with E-state index in [-0.39, 0.29) is 35.3 Å². The number of carbonyl (C=O) groups is 1. The van der Waals surface area contributed by atoms with E-state index in [0.29, 0.717) is 6.61 Å². The summed E-state index contributed by atoms with van der Waals surface area (Å²) in [5, 5.41) is 2.76. The first kappa shape index (κ1) is 12.7. The van der Waals surface area contributed by atoms with Crippen LogP contribution in [0.3, 0.4) is 0 Å². The van der Waals surface area contributed by atoms with Crippen LogP contribution < -0.4 is 16.6 Å². The molecule has 1 aliphatic rings. The van der Waals surface area contributed by atoms with E-state index >= 15 is 0 Å². The number of nitrogens with one attached hydrogen (secondary N) is 2. The third-order valence-corrected chi connectivity index (χ3v) is 2.95. The summed E-state index contributed by atoms with van der Waals surface area (Å²) >= 11 is 0. The molecular weight excluding hydrogens is 236 g/mol. The number of hydrogen-bond donors (Lipinski definition) is 3. The molecule has 18 heavy (non-hydrogen) atoms. The molecule has 0 aromatic carbocycles. The van der Waals surface area contributed by atoms with Crippen molar-refractivity contribution in [2.45, 2.75) is 31.5 Å². The molecule has 0 spiro atoms. The van der Waals surface area contributed by atoms with E-state index in [1.165, 1.54) is 6.20 Å². The van der Waals surface area contributed by atoms with Crippen LogP contribution in [0, 0.1) is 0 Å². The molecule has 7 nitrogen and oxygen atoms in total. The first-order valence-corrected chi connectivity index (χ1v) is 5.84. The lowest BCUT2D eigenvalue weighted by atomic mass is 9.83. The molecule has 1 aliphatic carbocycles. The molecule has 0 bridgehead atoms. The van der Waals surface area contributed by atoms with E-state index in [4.69, 9.17) is 10.5 Å². The fraction of sp³-hybridized carbons (Fsp3) is 0.545. The van der Waals surface area contributed by atoms with Crippen molar-refractivity contribution in [3.63, 3.8) is 0 Å². The van der Waals surface area contributed by atoms with Crippen molar-refractivity contribution in [1.82, 2.24) is 15.3 Å². The van der Waals surface area contributed by atoms with Gasteiger partial charge in [0.2, 0.25) is 0 Å². The summed E-state index contributed by atoms with van der Waals surface area (Å²) in [5.74, 6) is -0.365. The third-order valence-electron chi connectivity index (χ3n) is 2.95. The summed E-state index contributed by atoms with van der Waals surface area (Å²) in [7, 11) is 0. The van der Waals surface area contributed by atoms with Crippen LogP contribution in [-0.4, -0.2) is 40.7 Å². The molecular formula is C11H16N4O3. The van der Waals surface area contributed by atoms with Crippen molar-refractivity contribution in [3.8, 4) is 0 Å². The van der Waals surface area contributed by atoms with Crippen LogP contribution in [0.4, 0.5) is 0 Å². The Labute approximate surface area is 104 Å². The summed E-state index contributed by atoms with van der Waals surface area (Å²) in [6, 6.07) is -0.306. The second-order valence-corrected chi connectivity index (χ2v) is 4.19. The maximum Gasteiger partial charge on any atom is 0.271 e. The highest BCUT2D eigenvalue weighted by Gasteiger charge is 2.40. The number of hydrogen-bond acceptors (Lipinski definition) is 5. The number of aromatic amines is 1. The monoisotopic (exact) mass is 252 g/mol. The van der Waals surface area contributed by atoms with Gasteiger partial charge in [-0.3, -0.25) is 9.59 Å². The van der Waals surface area contributed by atoms with Gasteiger partial charge in [0.15, 0.2) is 0 Å². The average Bonchev–Trinajstić information content (AvgIpc) is 2.36. The number of aromatic nitrogens is 2. The van der Waals surface area contributed by atoms with Crippen molar-refractivity contribution in [1.29, 1.82) is 0 Å². The predicted octanol–water partition coefficient (Wildman–Crippen LogP) is -0.996.